The minimum atomic E-state index is -0.705. The molecule has 3 aromatic rings. The zero-order valence-corrected chi connectivity index (χ0v) is 15.4. The third kappa shape index (κ3) is 3.30. The number of hydrogen-bond acceptors (Lipinski definition) is 4. The molecule has 6 heteroatoms. The van der Waals surface area contributed by atoms with Crippen molar-refractivity contribution in [3.63, 3.8) is 0 Å². The fraction of sp³-hybridized carbons (Fsp3) is 0.136. The summed E-state index contributed by atoms with van der Waals surface area (Å²) in [6, 6.07) is 14.1. The van der Waals surface area contributed by atoms with E-state index in [1.807, 2.05) is 6.07 Å². The minimum Gasteiger partial charge on any atom is -0.494 e. The lowest BCUT2D eigenvalue weighted by Crippen LogP contribution is -2.27. The van der Waals surface area contributed by atoms with Crippen LogP contribution in [0.3, 0.4) is 0 Å². The molecule has 3 rings (SSSR count). The van der Waals surface area contributed by atoms with Crippen LogP contribution in [0.5, 0.6) is 5.88 Å². The predicted octanol–water partition coefficient (Wildman–Crippen LogP) is 3.46. The number of aromatic nitrogens is 1. The number of hydrogen-bond donors (Lipinski definition) is 1. The second kappa shape index (κ2) is 7.49. The van der Waals surface area contributed by atoms with Gasteiger partial charge < -0.3 is 5.11 Å². The van der Waals surface area contributed by atoms with Crippen LogP contribution in [0, 0.1) is 31.0 Å². The first-order valence-electron chi connectivity index (χ1n) is 8.56. The predicted molar refractivity (Wildman–Crippen MR) is 102 cm³/mol. The summed E-state index contributed by atoms with van der Waals surface area (Å²) < 4.78 is 14.1. The smallest absolute Gasteiger partial charge is 0.271 e. The number of carbonyl (C=O) groups excluding carboxylic acids is 1. The molecule has 0 aliphatic heterocycles. The van der Waals surface area contributed by atoms with E-state index in [-0.39, 0.29) is 23.2 Å². The van der Waals surface area contributed by atoms with Crippen LogP contribution in [0.25, 0.3) is 0 Å². The monoisotopic (exact) mass is 376 g/mol. The Balaban J connectivity index is 2.22. The Hall–Kier alpha value is -3.72. The van der Waals surface area contributed by atoms with E-state index >= 15 is 0 Å². The number of pyridine rings is 1. The molecule has 0 saturated heterocycles. The van der Waals surface area contributed by atoms with Gasteiger partial charge in [-0.3, -0.25) is 14.2 Å². The molecule has 0 unspecified atom stereocenters. The first-order chi connectivity index (χ1) is 13.3. The molecule has 0 spiro atoms. The second-order valence-corrected chi connectivity index (χ2v) is 6.47. The molecule has 0 aliphatic rings. The van der Waals surface area contributed by atoms with E-state index in [0.717, 1.165) is 4.57 Å². The summed E-state index contributed by atoms with van der Waals surface area (Å²) in [5.41, 5.74) is 0.750. The Labute approximate surface area is 160 Å². The van der Waals surface area contributed by atoms with Crippen LogP contribution in [0.4, 0.5) is 4.39 Å². The van der Waals surface area contributed by atoms with E-state index in [4.69, 9.17) is 0 Å². The Kier molecular flexibility index (Phi) is 5.10. The lowest BCUT2D eigenvalue weighted by atomic mass is 9.94. The highest BCUT2D eigenvalue weighted by molar-refractivity contribution is 6.12. The standard InChI is InChI=1S/C22H17FN2O3/c1-13-5-3-4-6-17(13)20(26)19-14(2)18(11-24)21(27)25(22(19)28)12-15-7-9-16(23)10-8-15/h3-10,28H,12H2,1-2H3. The molecule has 140 valence electrons. The molecule has 28 heavy (non-hydrogen) atoms. The van der Waals surface area contributed by atoms with E-state index < -0.39 is 23.0 Å². The Morgan fingerprint density at radius 1 is 1.14 bits per heavy atom. The number of nitriles is 1. The van der Waals surface area contributed by atoms with Crippen LogP contribution in [-0.4, -0.2) is 15.5 Å². The molecule has 0 saturated carbocycles. The van der Waals surface area contributed by atoms with Crippen LogP contribution in [0.1, 0.15) is 38.2 Å². The molecule has 1 aromatic heterocycles. The normalized spacial score (nSPS) is 10.5. The van der Waals surface area contributed by atoms with Crippen molar-refractivity contribution in [3.8, 4) is 11.9 Å². The molecule has 1 heterocycles. The van der Waals surface area contributed by atoms with Crippen molar-refractivity contribution in [3.05, 3.63) is 98.1 Å². The lowest BCUT2D eigenvalue weighted by molar-refractivity contribution is 0.103. The van der Waals surface area contributed by atoms with Gasteiger partial charge in [0.05, 0.1) is 12.1 Å². The first kappa shape index (κ1) is 19.1. The summed E-state index contributed by atoms with van der Waals surface area (Å²) in [6.45, 7) is 3.13. The average molecular weight is 376 g/mol. The number of ketones is 1. The third-order valence-electron chi connectivity index (χ3n) is 4.67. The van der Waals surface area contributed by atoms with Crippen molar-refractivity contribution in [2.45, 2.75) is 20.4 Å². The summed E-state index contributed by atoms with van der Waals surface area (Å²) in [5.74, 6) is -1.42. The van der Waals surface area contributed by atoms with Crippen molar-refractivity contribution in [2.24, 2.45) is 0 Å². The van der Waals surface area contributed by atoms with Crippen molar-refractivity contribution < 1.29 is 14.3 Å². The molecule has 0 aliphatic carbocycles. The molecule has 0 amide bonds. The molecule has 0 bridgehead atoms. The first-order valence-corrected chi connectivity index (χ1v) is 8.56. The van der Waals surface area contributed by atoms with Gasteiger partial charge in [-0.25, -0.2) is 4.39 Å². The number of rotatable bonds is 4. The van der Waals surface area contributed by atoms with Crippen molar-refractivity contribution in [2.75, 3.05) is 0 Å². The van der Waals surface area contributed by atoms with Gasteiger partial charge in [0.2, 0.25) is 5.88 Å². The van der Waals surface area contributed by atoms with Gasteiger partial charge in [-0.2, -0.15) is 5.26 Å². The highest BCUT2D eigenvalue weighted by Gasteiger charge is 2.25. The average Bonchev–Trinajstić information content (AvgIpc) is 2.67. The van der Waals surface area contributed by atoms with E-state index in [1.165, 1.54) is 31.2 Å². The summed E-state index contributed by atoms with van der Waals surface area (Å²) in [4.78, 5) is 25.8. The van der Waals surface area contributed by atoms with Crippen molar-refractivity contribution >= 4 is 5.78 Å². The fourth-order valence-electron chi connectivity index (χ4n) is 3.10. The maximum atomic E-state index is 13.1. The molecular weight excluding hydrogens is 359 g/mol. The molecular formula is C22H17FN2O3. The van der Waals surface area contributed by atoms with Crippen LogP contribution in [-0.2, 0) is 6.54 Å². The highest BCUT2D eigenvalue weighted by Crippen LogP contribution is 2.26. The molecule has 1 N–H and O–H groups in total. The molecule has 5 nitrogen and oxygen atoms in total. The molecule has 0 fully saturated rings. The number of nitrogens with zero attached hydrogens (tertiary/aromatic N) is 2. The van der Waals surface area contributed by atoms with Gasteiger partial charge in [-0.05, 0) is 42.7 Å². The van der Waals surface area contributed by atoms with Gasteiger partial charge in [0.1, 0.15) is 17.4 Å². The summed E-state index contributed by atoms with van der Waals surface area (Å²) in [5, 5.41) is 20.2. The van der Waals surface area contributed by atoms with Crippen LogP contribution < -0.4 is 5.56 Å². The Morgan fingerprint density at radius 2 is 1.79 bits per heavy atom. The van der Waals surface area contributed by atoms with Crippen LogP contribution >= 0.6 is 0 Å². The van der Waals surface area contributed by atoms with Gasteiger partial charge in [0.15, 0.2) is 5.78 Å². The van der Waals surface area contributed by atoms with Crippen molar-refractivity contribution in [1.29, 1.82) is 5.26 Å². The molecule has 2 aromatic carbocycles. The van der Waals surface area contributed by atoms with Crippen LogP contribution in [0.2, 0.25) is 0 Å². The molecule has 0 atom stereocenters. The van der Waals surface area contributed by atoms with Gasteiger partial charge in [0.25, 0.3) is 5.56 Å². The number of benzene rings is 2. The summed E-state index contributed by atoms with van der Waals surface area (Å²) >= 11 is 0. The van der Waals surface area contributed by atoms with Gasteiger partial charge >= 0.3 is 0 Å². The minimum absolute atomic E-state index is 0.0902. The maximum absolute atomic E-state index is 13.1. The zero-order chi connectivity index (χ0) is 20.4. The maximum Gasteiger partial charge on any atom is 0.271 e. The summed E-state index contributed by atoms with van der Waals surface area (Å²) in [6.07, 6.45) is 0. The highest BCUT2D eigenvalue weighted by atomic mass is 19.1. The number of aryl methyl sites for hydroxylation is 1. The number of aromatic hydroxyl groups is 1. The fourth-order valence-corrected chi connectivity index (χ4v) is 3.10. The number of carbonyl (C=O) groups is 1. The van der Waals surface area contributed by atoms with Crippen LogP contribution in [0.15, 0.2) is 53.3 Å². The zero-order valence-electron chi connectivity index (χ0n) is 15.4. The quantitative estimate of drug-likeness (QED) is 0.707. The largest absolute Gasteiger partial charge is 0.494 e. The lowest BCUT2D eigenvalue weighted by Gasteiger charge is -2.16. The summed E-state index contributed by atoms with van der Waals surface area (Å²) in [7, 11) is 0. The van der Waals surface area contributed by atoms with E-state index in [2.05, 4.69) is 0 Å². The van der Waals surface area contributed by atoms with E-state index in [9.17, 15) is 24.3 Å². The third-order valence-corrected chi connectivity index (χ3v) is 4.67. The van der Waals surface area contributed by atoms with Gasteiger partial charge in [-0.1, -0.05) is 36.4 Å². The second-order valence-electron chi connectivity index (χ2n) is 6.47. The molecule has 0 radical (unpaired) electrons. The number of halogens is 1. The van der Waals surface area contributed by atoms with Crippen molar-refractivity contribution in [1.82, 2.24) is 4.57 Å². The van der Waals surface area contributed by atoms with E-state index in [0.29, 0.717) is 16.7 Å². The topological polar surface area (TPSA) is 83.1 Å². The van der Waals surface area contributed by atoms with Gasteiger partial charge in [0, 0.05) is 5.56 Å². The Bertz CT molecular complexity index is 1170. The van der Waals surface area contributed by atoms with E-state index in [1.54, 1.807) is 31.2 Å². The Morgan fingerprint density at radius 3 is 2.39 bits per heavy atom. The SMILES string of the molecule is Cc1ccccc1C(=O)c1c(C)c(C#N)c(=O)n(Cc2ccc(F)cc2)c1O. The van der Waals surface area contributed by atoms with Gasteiger partial charge in [-0.15, -0.1) is 0 Å².